The maximum atomic E-state index is 8.52. The zero-order valence-electron chi connectivity index (χ0n) is 12.7. The molecule has 0 saturated carbocycles. The minimum absolute atomic E-state index is 0.0247. The van der Waals surface area contributed by atoms with Gasteiger partial charge in [0.25, 0.3) is 0 Å². The van der Waals surface area contributed by atoms with Gasteiger partial charge in [-0.1, -0.05) is 44.0 Å². The molecule has 2 heterocycles. The topological polar surface area (TPSA) is 90.9 Å². The fourth-order valence-electron chi connectivity index (χ4n) is 2.70. The highest BCUT2D eigenvalue weighted by molar-refractivity contribution is 9.10. The Bertz CT molecular complexity index is 1020. The van der Waals surface area contributed by atoms with Crippen LogP contribution in [-0.4, -0.2) is 9.13 Å². The highest BCUT2D eigenvalue weighted by Gasteiger charge is 2.23. The van der Waals surface area contributed by atoms with E-state index in [9.17, 15) is 0 Å². The summed E-state index contributed by atoms with van der Waals surface area (Å²) in [6.07, 6.45) is 0. The lowest BCUT2D eigenvalue weighted by Gasteiger charge is -2.17. The van der Waals surface area contributed by atoms with Crippen molar-refractivity contribution in [1.82, 2.24) is 9.13 Å². The summed E-state index contributed by atoms with van der Waals surface area (Å²) in [5.41, 5.74) is 7.09. The average molecular weight is 464 g/mol. The first-order valence-corrected chi connectivity index (χ1v) is 8.86. The average Bonchev–Trinajstić information content (AvgIpc) is 3.04. The summed E-state index contributed by atoms with van der Waals surface area (Å²) < 4.78 is 5.01. The number of rotatable bonds is 2. The SMILES string of the molecule is N=c1c(=N)n(-c2cccc(Br)c2)c2c(n1-c1cccc(Br)c1)NON2. The molecule has 1 aromatic heterocycles. The second-order valence-electron chi connectivity index (χ2n) is 5.33. The third kappa shape index (κ3) is 2.70. The molecule has 1 aliphatic heterocycles. The number of halogens is 2. The van der Waals surface area contributed by atoms with Gasteiger partial charge in [0.15, 0.2) is 22.6 Å². The lowest BCUT2D eigenvalue weighted by Crippen LogP contribution is -2.41. The van der Waals surface area contributed by atoms with Gasteiger partial charge in [-0.15, -0.1) is 0 Å². The van der Waals surface area contributed by atoms with E-state index in [-0.39, 0.29) is 11.0 Å². The Morgan fingerprint density at radius 3 is 1.60 bits per heavy atom. The summed E-state index contributed by atoms with van der Waals surface area (Å²) in [6.45, 7) is 0. The van der Waals surface area contributed by atoms with Crippen LogP contribution in [0.2, 0.25) is 0 Å². The number of hydrogen-bond donors (Lipinski definition) is 4. The highest BCUT2D eigenvalue weighted by Crippen LogP contribution is 2.29. The summed E-state index contributed by atoms with van der Waals surface area (Å²) in [5, 5.41) is 17.0. The van der Waals surface area contributed by atoms with E-state index in [2.05, 4.69) is 42.8 Å². The minimum Gasteiger partial charge on any atom is -0.281 e. The van der Waals surface area contributed by atoms with Crippen molar-refractivity contribution in [2.75, 3.05) is 11.0 Å². The fraction of sp³-hybridized carbons (Fsp3) is 0. The number of nitrogens with one attached hydrogen (secondary N) is 4. The van der Waals surface area contributed by atoms with E-state index in [4.69, 9.17) is 15.8 Å². The molecular weight excluding hydrogens is 452 g/mol. The summed E-state index contributed by atoms with van der Waals surface area (Å²) in [7, 11) is 0. The molecule has 2 aromatic carbocycles. The first kappa shape index (κ1) is 16.1. The molecule has 1 aliphatic rings. The molecule has 25 heavy (non-hydrogen) atoms. The molecule has 9 heteroatoms. The maximum absolute atomic E-state index is 8.52. The van der Waals surface area contributed by atoms with E-state index in [1.165, 1.54) is 0 Å². The molecule has 0 saturated heterocycles. The van der Waals surface area contributed by atoms with Crippen molar-refractivity contribution in [2.24, 2.45) is 0 Å². The second-order valence-corrected chi connectivity index (χ2v) is 7.16. The molecule has 0 atom stereocenters. The van der Waals surface area contributed by atoms with Gasteiger partial charge in [-0.25, -0.2) is 11.0 Å². The fourth-order valence-corrected chi connectivity index (χ4v) is 3.48. The summed E-state index contributed by atoms with van der Waals surface area (Å²) >= 11 is 6.89. The van der Waals surface area contributed by atoms with Crippen molar-refractivity contribution in [3.63, 3.8) is 0 Å². The summed E-state index contributed by atoms with van der Waals surface area (Å²) in [6, 6.07) is 15.0. The maximum Gasteiger partial charge on any atom is 0.182 e. The zero-order chi connectivity index (χ0) is 17.6. The molecule has 0 bridgehead atoms. The molecule has 7 nitrogen and oxygen atoms in total. The van der Waals surface area contributed by atoms with Crippen LogP contribution in [0, 0.1) is 10.8 Å². The van der Waals surface area contributed by atoms with Crippen molar-refractivity contribution < 1.29 is 4.94 Å². The number of fused-ring (bicyclic) bond motifs is 1. The molecule has 3 aromatic rings. The number of benzene rings is 2. The van der Waals surface area contributed by atoms with Crippen LogP contribution in [0.4, 0.5) is 11.6 Å². The molecular formula is C16H12Br2N6O. The van der Waals surface area contributed by atoms with Crippen molar-refractivity contribution in [2.45, 2.75) is 0 Å². The van der Waals surface area contributed by atoms with E-state index >= 15 is 0 Å². The van der Waals surface area contributed by atoms with Crippen LogP contribution in [0.3, 0.4) is 0 Å². The van der Waals surface area contributed by atoms with Crippen molar-refractivity contribution >= 4 is 43.5 Å². The number of anilines is 2. The van der Waals surface area contributed by atoms with Gasteiger partial charge in [0.2, 0.25) is 0 Å². The van der Waals surface area contributed by atoms with Gasteiger partial charge in [0.1, 0.15) is 0 Å². The molecule has 0 aliphatic carbocycles. The van der Waals surface area contributed by atoms with Crippen LogP contribution in [-0.2, 0) is 4.94 Å². The van der Waals surface area contributed by atoms with Crippen LogP contribution >= 0.6 is 31.9 Å². The van der Waals surface area contributed by atoms with Crippen LogP contribution in [0.1, 0.15) is 0 Å². The van der Waals surface area contributed by atoms with Crippen LogP contribution < -0.4 is 21.9 Å². The van der Waals surface area contributed by atoms with Gasteiger partial charge >= 0.3 is 0 Å². The van der Waals surface area contributed by atoms with Gasteiger partial charge in [-0.2, -0.15) is 4.94 Å². The first-order chi connectivity index (χ1) is 12.1. The zero-order valence-corrected chi connectivity index (χ0v) is 15.8. The second kappa shape index (κ2) is 6.17. The van der Waals surface area contributed by atoms with Crippen LogP contribution in [0.5, 0.6) is 0 Å². The first-order valence-electron chi connectivity index (χ1n) is 7.27. The molecule has 4 N–H and O–H groups in total. The summed E-state index contributed by atoms with van der Waals surface area (Å²) in [5.74, 6) is 1.08. The van der Waals surface area contributed by atoms with E-state index < -0.39 is 0 Å². The monoisotopic (exact) mass is 462 g/mol. The smallest absolute Gasteiger partial charge is 0.182 e. The van der Waals surface area contributed by atoms with E-state index in [0.717, 1.165) is 20.3 Å². The summed E-state index contributed by atoms with van der Waals surface area (Å²) in [4.78, 5) is 5.18. The third-order valence-electron chi connectivity index (χ3n) is 3.77. The van der Waals surface area contributed by atoms with E-state index in [1.807, 2.05) is 48.5 Å². The molecule has 0 spiro atoms. The quantitative estimate of drug-likeness (QED) is 0.469. The van der Waals surface area contributed by atoms with Gasteiger partial charge in [0.05, 0.1) is 11.4 Å². The third-order valence-corrected chi connectivity index (χ3v) is 4.76. The molecule has 0 unspecified atom stereocenters. The molecule has 126 valence electrons. The predicted molar refractivity (Wildman–Crippen MR) is 101 cm³/mol. The molecule has 0 fully saturated rings. The van der Waals surface area contributed by atoms with Crippen molar-refractivity contribution in [3.05, 3.63) is 68.5 Å². The number of aromatic nitrogens is 2. The van der Waals surface area contributed by atoms with Gasteiger partial charge in [0, 0.05) is 8.95 Å². The Labute approximate surface area is 159 Å². The minimum atomic E-state index is 0.0247. The number of hydrogen-bond acceptors (Lipinski definition) is 5. The van der Waals surface area contributed by atoms with Gasteiger partial charge in [-0.05, 0) is 36.4 Å². The Hall–Kier alpha value is -2.36. The van der Waals surface area contributed by atoms with Gasteiger partial charge in [-0.3, -0.25) is 20.0 Å². The lowest BCUT2D eigenvalue weighted by molar-refractivity contribution is 0.279. The van der Waals surface area contributed by atoms with E-state index in [1.54, 1.807) is 9.13 Å². The highest BCUT2D eigenvalue weighted by atomic mass is 79.9. The van der Waals surface area contributed by atoms with Crippen molar-refractivity contribution in [3.8, 4) is 11.4 Å². The van der Waals surface area contributed by atoms with Crippen LogP contribution in [0.25, 0.3) is 11.4 Å². The van der Waals surface area contributed by atoms with E-state index in [0.29, 0.717) is 11.6 Å². The Balaban J connectivity index is 2.06. The molecule has 4 rings (SSSR count). The lowest BCUT2D eigenvalue weighted by atomic mass is 10.3. The largest absolute Gasteiger partial charge is 0.281 e. The van der Waals surface area contributed by atoms with Crippen LogP contribution in [0.15, 0.2) is 57.5 Å². The molecule has 0 amide bonds. The standard InChI is InChI=1S/C16H12Br2N6O/c17-9-3-1-5-11(7-9)23-13(19)14(20)24(16-15(23)21-25-22-16)12-6-2-4-10(18)8-12/h1-8,19-22H. The Kier molecular flexibility index (Phi) is 3.98. The Morgan fingerprint density at radius 2 is 1.20 bits per heavy atom. The molecule has 0 radical (unpaired) electrons. The van der Waals surface area contributed by atoms with Crippen molar-refractivity contribution in [1.29, 1.82) is 10.8 Å². The predicted octanol–water partition coefficient (Wildman–Crippen LogP) is 3.44. The number of nitrogens with zero attached hydrogens (tertiary/aromatic N) is 2. The Morgan fingerprint density at radius 1 is 0.760 bits per heavy atom. The van der Waals surface area contributed by atoms with Gasteiger partial charge < -0.3 is 0 Å². The normalized spacial score (nSPS) is 12.4.